The normalized spacial score (nSPS) is 10.6. The minimum Gasteiger partial charge on any atom is -0.452 e. The van der Waals surface area contributed by atoms with Crippen LogP contribution in [-0.4, -0.2) is 41.4 Å². The number of ether oxygens (including phenoxy) is 1. The fraction of sp³-hybridized carbons (Fsp3) is 0.318. The largest absolute Gasteiger partial charge is 0.452 e. The van der Waals surface area contributed by atoms with Gasteiger partial charge in [0.05, 0.1) is 11.3 Å². The van der Waals surface area contributed by atoms with Crippen LogP contribution < -0.4 is 5.32 Å². The molecular weight excluding hydrogens is 356 g/mol. The van der Waals surface area contributed by atoms with Crippen molar-refractivity contribution in [2.75, 3.05) is 11.9 Å². The van der Waals surface area contributed by atoms with E-state index in [1.807, 2.05) is 33.8 Å². The first kappa shape index (κ1) is 21.2. The van der Waals surface area contributed by atoms with Gasteiger partial charge in [0.1, 0.15) is 0 Å². The zero-order valence-corrected chi connectivity index (χ0v) is 16.6. The third-order valence-electron chi connectivity index (χ3n) is 4.16. The lowest BCUT2D eigenvalue weighted by Crippen LogP contribution is -2.44. The van der Waals surface area contributed by atoms with Gasteiger partial charge in [-0.1, -0.05) is 30.3 Å². The quantitative estimate of drug-likeness (QED) is 0.740. The Hall–Kier alpha value is -3.15. The SMILES string of the molecule is CC(C)N(C(=O)COC(=O)c1ccccc1NC(=O)c1ccccc1)C(C)C. The van der Waals surface area contributed by atoms with Gasteiger partial charge >= 0.3 is 5.97 Å². The highest BCUT2D eigenvalue weighted by Crippen LogP contribution is 2.18. The van der Waals surface area contributed by atoms with E-state index in [2.05, 4.69) is 5.32 Å². The molecule has 0 aliphatic carbocycles. The standard InChI is InChI=1S/C22H26N2O4/c1-15(2)24(16(3)4)20(25)14-28-22(27)18-12-8-9-13-19(18)23-21(26)17-10-6-5-7-11-17/h5-13,15-16H,14H2,1-4H3,(H,23,26). The molecule has 2 aromatic rings. The van der Waals surface area contributed by atoms with Crippen molar-refractivity contribution < 1.29 is 19.1 Å². The van der Waals surface area contributed by atoms with E-state index in [0.717, 1.165) is 0 Å². The maximum absolute atomic E-state index is 12.5. The van der Waals surface area contributed by atoms with Gasteiger partial charge < -0.3 is 15.0 Å². The predicted octanol–water partition coefficient (Wildman–Crippen LogP) is 3.74. The van der Waals surface area contributed by atoms with Crippen LogP contribution in [0.15, 0.2) is 54.6 Å². The number of nitrogens with zero attached hydrogens (tertiary/aromatic N) is 1. The number of amides is 2. The van der Waals surface area contributed by atoms with Crippen molar-refractivity contribution in [3.05, 3.63) is 65.7 Å². The van der Waals surface area contributed by atoms with Gasteiger partial charge in [-0.2, -0.15) is 0 Å². The number of hydrogen-bond donors (Lipinski definition) is 1. The van der Waals surface area contributed by atoms with Crippen molar-refractivity contribution in [3.8, 4) is 0 Å². The summed E-state index contributed by atoms with van der Waals surface area (Å²) >= 11 is 0. The van der Waals surface area contributed by atoms with Crippen LogP contribution in [0.3, 0.4) is 0 Å². The first-order valence-electron chi connectivity index (χ1n) is 9.25. The molecule has 2 amide bonds. The number of esters is 1. The fourth-order valence-electron chi connectivity index (χ4n) is 3.01. The predicted molar refractivity (Wildman–Crippen MR) is 108 cm³/mol. The second kappa shape index (κ2) is 9.69. The minimum absolute atomic E-state index is 0.00338. The number of carbonyl (C=O) groups is 3. The number of hydrogen-bond acceptors (Lipinski definition) is 4. The molecule has 0 radical (unpaired) electrons. The van der Waals surface area contributed by atoms with Gasteiger partial charge in [-0.25, -0.2) is 4.79 Å². The van der Waals surface area contributed by atoms with E-state index in [-0.39, 0.29) is 36.1 Å². The van der Waals surface area contributed by atoms with Crippen LogP contribution in [0.25, 0.3) is 0 Å². The van der Waals surface area contributed by atoms with Crippen molar-refractivity contribution in [3.63, 3.8) is 0 Å². The van der Waals surface area contributed by atoms with Gasteiger partial charge in [-0.3, -0.25) is 9.59 Å². The molecule has 6 nitrogen and oxygen atoms in total. The van der Waals surface area contributed by atoms with Crippen molar-refractivity contribution in [2.45, 2.75) is 39.8 Å². The molecule has 0 aromatic heterocycles. The Morgan fingerprint density at radius 1 is 0.893 bits per heavy atom. The molecule has 0 bridgehead atoms. The lowest BCUT2D eigenvalue weighted by molar-refractivity contribution is -0.138. The Kier molecular flexibility index (Phi) is 7.32. The molecule has 2 rings (SSSR count). The molecule has 0 fully saturated rings. The maximum Gasteiger partial charge on any atom is 0.340 e. The molecule has 148 valence electrons. The minimum atomic E-state index is -0.662. The molecule has 6 heteroatoms. The molecule has 2 aromatic carbocycles. The molecule has 1 N–H and O–H groups in total. The highest BCUT2D eigenvalue weighted by Gasteiger charge is 2.22. The van der Waals surface area contributed by atoms with Gasteiger partial charge in [0.2, 0.25) is 0 Å². The molecule has 0 unspecified atom stereocenters. The van der Waals surface area contributed by atoms with Gasteiger partial charge in [0.15, 0.2) is 6.61 Å². The van der Waals surface area contributed by atoms with Gasteiger partial charge in [-0.15, -0.1) is 0 Å². The summed E-state index contributed by atoms with van der Waals surface area (Å²) in [5.41, 5.74) is 1.00. The van der Waals surface area contributed by atoms with E-state index in [4.69, 9.17) is 4.74 Å². The fourth-order valence-corrected chi connectivity index (χ4v) is 3.01. The number of benzene rings is 2. The summed E-state index contributed by atoms with van der Waals surface area (Å²) in [6.45, 7) is 7.29. The monoisotopic (exact) mass is 382 g/mol. The van der Waals surface area contributed by atoms with Crippen LogP contribution in [0.2, 0.25) is 0 Å². The Labute approximate surface area is 165 Å². The summed E-state index contributed by atoms with van der Waals surface area (Å²) in [5, 5.41) is 2.72. The summed E-state index contributed by atoms with van der Waals surface area (Å²) in [5.74, 6) is -1.25. The molecule has 0 aliphatic rings. The van der Waals surface area contributed by atoms with Crippen molar-refractivity contribution in [2.24, 2.45) is 0 Å². The van der Waals surface area contributed by atoms with E-state index >= 15 is 0 Å². The average Bonchev–Trinajstić information content (AvgIpc) is 2.66. The number of para-hydroxylation sites is 1. The zero-order chi connectivity index (χ0) is 20.7. The summed E-state index contributed by atoms with van der Waals surface area (Å²) in [6.07, 6.45) is 0. The van der Waals surface area contributed by atoms with Gasteiger partial charge in [0.25, 0.3) is 11.8 Å². The first-order chi connectivity index (χ1) is 13.3. The van der Waals surface area contributed by atoms with E-state index in [1.54, 1.807) is 53.4 Å². The van der Waals surface area contributed by atoms with Crippen LogP contribution in [0.4, 0.5) is 5.69 Å². The molecular formula is C22H26N2O4. The number of rotatable bonds is 7. The Morgan fingerprint density at radius 3 is 2.07 bits per heavy atom. The van der Waals surface area contributed by atoms with Crippen LogP contribution in [0.1, 0.15) is 48.4 Å². The van der Waals surface area contributed by atoms with E-state index in [0.29, 0.717) is 11.3 Å². The highest BCUT2D eigenvalue weighted by molar-refractivity contribution is 6.08. The summed E-state index contributed by atoms with van der Waals surface area (Å²) in [4.78, 5) is 38.9. The Balaban J connectivity index is 2.08. The molecule has 0 heterocycles. The first-order valence-corrected chi connectivity index (χ1v) is 9.25. The van der Waals surface area contributed by atoms with Crippen molar-refractivity contribution in [1.82, 2.24) is 4.90 Å². The molecule has 0 saturated carbocycles. The highest BCUT2D eigenvalue weighted by atomic mass is 16.5. The van der Waals surface area contributed by atoms with Crippen LogP contribution in [-0.2, 0) is 9.53 Å². The van der Waals surface area contributed by atoms with Crippen LogP contribution >= 0.6 is 0 Å². The third kappa shape index (κ3) is 5.42. The smallest absolute Gasteiger partial charge is 0.340 e. The second-order valence-corrected chi connectivity index (χ2v) is 6.93. The topological polar surface area (TPSA) is 75.7 Å². The lowest BCUT2D eigenvalue weighted by Gasteiger charge is -2.30. The Bertz CT molecular complexity index is 823. The number of anilines is 1. The molecule has 0 aliphatic heterocycles. The number of carbonyl (C=O) groups excluding carboxylic acids is 3. The van der Waals surface area contributed by atoms with Crippen LogP contribution in [0, 0.1) is 0 Å². The molecule has 0 atom stereocenters. The van der Waals surface area contributed by atoms with E-state index < -0.39 is 5.97 Å². The third-order valence-corrected chi connectivity index (χ3v) is 4.16. The van der Waals surface area contributed by atoms with E-state index in [9.17, 15) is 14.4 Å². The summed E-state index contributed by atoms with van der Waals surface area (Å²) in [6, 6.07) is 15.3. The lowest BCUT2D eigenvalue weighted by atomic mass is 10.1. The second-order valence-electron chi connectivity index (χ2n) is 6.93. The molecule has 28 heavy (non-hydrogen) atoms. The molecule has 0 saturated heterocycles. The van der Waals surface area contributed by atoms with Gasteiger partial charge in [0, 0.05) is 17.6 Å². The van der Waals surface area contributed by atoms with Crippen molar-refractivity contribution >= 4 is 23.5 Å². The molecule has 0 spiro atoms. The number of nitrogens with one attached hydrogen (secondary N) is 1. The van der Waals surface area contributed by atoms with Crippen LogP contribution in [0.5, 0.6) is 0 Å². The summed E-state index contributed by atoms with van der Waals surface area (Å²) in [7, 11) is 0. The summed E-state index contributed by atoms with van der Waals surface area (Å²) < 4.78 is 5.22. The van der Waals surface area contributed by atoms with E-state index in [1.165, 1.54) is 0 Å². The van der Waals surface area contributed by atoms with Crippen molar-refractivity contribution in [1.29, 1.82) is 0 Å². The average molecular weight is 382 g/mol. The maximum atomic E-state index is 12.5. The zero-order valence-electron chi connectivity index (χ0n) is 16.6. The van der Waals surface area contributed by atoms with Gasteiger partial charge in [-0.05, 0) is 52.0 Å². The Morgan fingerprint density at radius 2 is 1.46 bits per heavy atom.